The van der Waals surface area contributed by atoms with Gasteiger partial charge < -0.3 is 5.32 Å². The van der Waals surface area contributed by atoms with Gasteiger partial charge in [-0.2, -0.15) is 18.3 Å². The van der Waals surface area contributed by atoms with Crippen LogP contribution in [-0.4, -0.2) is 26.5 Å². The van der Waals surface area contributed by atoms with Crippen molar-refractivity contribution in [1.29, 1.82) is 0 Å². The van der Waals surface area contributed by atoms with E-state index >= 15 is 0 Å². The number of halogens is 3. The molecule has 0 radical (unpaired) electrons. The molecule has 0 saturated heterocycles. The summed E-state index contributed by atoms with van der Waals surface area (Å²) in [6.07, 6.45) is -1.64. The minimum atomic E-state index is -4.37. The predicted octanol–water partition coefficient (Wildman–Crippen LogP) is 2.62. The Balaban J connectivity index is 2.01. The standard InChI is InChI=1S/C10H12F3N5S/c1-2-3-14-9-17-16-8(19-9)6-18-5-7(4-15-18)10(11,12)13/h4-5H,2-3,6H2,1H3,(H,14,17). The predicted molar refractivity (Wildman–Crippen MR) is 65.0 cm³/mol. The zero-order valence-electron chi connectivity index (χ0n) is 10.1. The van der Waals surface area contributed by atoms with Gasteiger partial charge in [-0.25, -0.2) is 0 Å². The highest BCUT2D eigenvalue weighted by Gasteiger charge is 2.32. The number of rotatable bonds is 5. The molecular formula is C10H12F3N5S. The minimum Gasteiger partial charge on any atom is -0.360 e. The molecule has 19 heavy (non-hydrogen) atoms. The summed E-state index contributed by atoms with van der Waals surface area (Å²) in [5.41, 5.74) is -0.763. The van der Waals surface area contributed by atoms with E-state index in [9.17, 15) is 13.2 Å². The highest BCUT2D eigenvalue weighted by molar-refractivity contribution is 7.15. The van der Waals surface area contributed by atoms with Crippen LogP contribution in [0, 0.1) is 0 Å². The molecule has 0 aromatic carbocycles. The molecule has 0 aliphatic rings. The molecule has 2 aromatic heterocycles. The largest absolute Gasteiger partial charge is 0.419 e. The second-order valence-electron chi connectivity index (χ2n) is 3.85. The summed E-state index contributed by atoms with van der Waals surface area (Å²) in [5, 5.41) is 15.8. The highest BCUT2D eigenvalue weighted by atomic mass is 32.1. The van der Waals surface area contributed by atoms with Gasteiger partial charge in [0.2, 0.25) is 5.13 Å². The van der Waals surface area contributed by atoms with Gasteiger partial charge in [0.1, 0.15) is 5.01 Å². The molecular weight excluding hydrogens is 279 g/mol. The monoisotopic (exact) mass is 291 g/mol. The zero-order valence-corrected chi connectivity index (χ0v) is 10.9. The molecule has 0 bridgehead atoms. The van der Waals surface area contributed by atoms with E-state index in [0.29, 0.717) is 10.1 Å². The van der Waals surface area contributed by atoms with Gasteiger partial charge in [-0.05, 0) is 6.42 Å². The van der Waals surface area contributed by atoms with Crippen molar-refractivity contribution in [2.24, 2.45) is 0 Å². The Morgan fingerprint density at radius 1 is 1.37 bits per heavy atom. The van der Waals surface area contributed by atoms with Crippen molar-refractivity contribution < 1.29 is 13.2 Å². The van der Waals surface area contributed by atoms with Crippen LogP contribution < -0.4 is 5.32 Å². The van der Waals surface area contributed by atoms with Gasteiger partial charge in [0.15, 0.2) is 0 Å². The molecule has 104 valence electrons. The van der Waals surface area contributed by atoms with E-state index in [1.54, 1.807) is 0 Å². The Morgan fingerprint density at radius 2 is 2.16 bits per heavy atom. The molecule has 1 N–H and O–H groups in total. The Kier molecular flexibility index (Phi) is 4.03. The summed E-state index contributed by atoms with van der Waals surface area (Å²) in [5.74, 6) is 0. The number of alkyl halides is 3. The van der Waals surface area contributed by atoms with Crippen LogP contribution in [0.25, 0.3) is 0 Å². The van der Waals surface area contributed by atoms with Crippen molar-refractivity contribution in [3.63, 3.8) is 0 Å². The third kappa shape index (κ3) is 3.66. The zero-order chi connectivity index (χ0) is 13.9. The highest BCUT2D eigenvalue weighted by Crippen LogP contribution is 2.28. The molecule has 2 rings (SSSR count). The van der Waals surface area contributed by atoms with Crippen molar-refractivity contribution in [2.75, 3.05) is 11.9 Å². The summed E-state index contributed by atoms with van der Waals surface area (Å²) in [6, 6.07) is 0. The summed E-state index contributed by atoms with van der Waals surface area (Å²) in [6.45, 7) is 2.99. The Labute approximate surface area is 111 Å². The van der Waals surface area contributed by atoms with Gasteiger partial charge in [-0.3, -0.25) is 4.68 Å². The van der Waals surface area contributed by atoms with Crippen LogP contribution in [0.2, 0.25) is 0 Å². The van der Waals surface area contributed by atoms with Gasteiger partial charge >= 0.3 is 6.18 Å². The van der Waals surface area contributed by atoms with E-state index in [-0.39, 0.29) is 6.54 Å². The first-order chi connectivity index (χ1) is 8.99. The van der Waals surface area contributed by atoms with Crippen LogP contribution in [0.3, 0.4) is 0 Å². The third-order valence-corrected chi connectivity index (χ3v) is 3.12. The van der Waals surface area contributed by atoms with Crippen molar-refractivity contribution in [1.82, 2.24) is 20.0 Å². The molecule has 0 spiro atoms. The number of nitrogens with zero attached hydrogens (tertiary/aromatic N) is 4. The fourth-order valence-electron chi connectivity index (χ4n) is 1.36. The number of anilines is 1. The smallest absolute Gasteiger partial charge is 0.360 e. The van der Waals surface area contributed by atoms with Crippen LogP contribution in [0.15, 0.2) is 12.4 Å². The first kappa shape index (κ1) is 13.8. The van der Waals surface area contributed by atoms with E-state index in [0.717, 1.165) is 25.4 Å². The first-order valence-electron chi connectivity index (χ1n) is 5.65. The minimum absolute atomic E-state index is 0.182. The van der Waals surface area contributed by atoms with E-state index in [1.807, 2.05) is 6.92 Å². The van der Waals surface area contributed by atoms with Gasteiger partial charge in [0, 0.05) is 12.7 Å². The maximum atomic E-state index is 12.4. The van der Waals surface area contributed by atoms with Crippen LogP contribution in [-0.2, 0) is 12.7 Å². The number of aromatic nitrogens is 4. The fourth-order valence-corrected chi connectivity index (χ4v) is 2.11. The topological polar surface area (TPSA) is 55.6 Å². The van der Waals surface area contributed by atoms with Crippen LogP contribution in [0.5, 0.6) is 0 Å². The number of hydrogen-bond donors (Lipinski definition) is 1. The molecule has 9 heteroatoms. The van der Waals surface area contributed by atoms with Crippen LogP contribution in [0.4, 0.5) is 18.3 Å². The summed E-state index contributed by atoms with van der Waals surface area (Å²) in [7, 11) is 0. The quantitative estimate of drug-likeness (QED) is 0.920. The van der Waals surface area contributed by atoms with E-state index < -0.39 is 11.7 Å². The van der Waals surface area contributed by atoms with Gasteiger partial charge in [-0.1, -0.05) is 18.3 Å². The molecule has 2 heterocycles. The molecule has 0 atom stereocenters. The molecule has 0 fully saturated rings. The number of hydrogen-bond acceptors (Lipinski definition) is 5. The molecule has 0 amide bonds. The third-order valence-electron chi connectivity index (χ3n) is 2.25. The van der Waals surface area contributed by atoms with Gasteiger partial charge in [0.25, 0.3) is 0 Å². The lowest BCUT2D eigenvalue weighted by atomic mass is 10.4. The van der Waals surface area contributed by atoms with Crippen molar-refractivity contribution >= 4 is 16.5 Å². The lowest BCUT2D eigenvalue weighted by molar-refractivity contribution is -0.137. The van der Waals surface area contributed by atoms with Crippen LogP contribution in [0.1, 0.15) is 23.9 Å². The Bertz CT molecular complexity index is 533. The van der Waals surface area contributed by atoms with Gasteiger partial charge in [-0.15, -0.1) is 10.2 Å². The Morgan fingerprint density at radius 3 is 2.79 bits per heavy atom. The van der Waals surface area contributed by atoms with Crippen LogP contribution >= 0.6 is 11.3 Å². The SMILES string of the molecule is CCCNc1nnc(Cn2cc(C(F)(F)F)cn2)s1. The van der Waals surface area contributed by atoms with Crippen molar-refractivity contribution in [2.45, 2.75) is 26.1 Å². The summed E-state index contributed by atoms with van der Waals surface area (Å²) < 4.78 is 38.4. The molecule has 2 aromatic rings. The average molecular weight is 291 g/mol. The second-order valence-corrected chi connectivity index (χ2v) is 4.91. The lowest BCUT2D eigenvalue weighted by Gasteiger charge is -2.00. The van der Waals surface area contributed by atoms with Crippen molar-refractivity contribution in [3.8, 4) is 0 Å². The summed E-state index contributed by atoms with van der Waals surface area (Å²) >= 11 is 1.31. The molecule has 0 aliphatic heterocycles. The molecule has 0 aliphatic carbocycles. The summed E-state index contributed by atoms with van der Waals surface area (Å²) in [4.78, 5) is 0. The lowest BCUT2D eigenvalue weighted by Crippen LogP contribution is -2.03. The normalized spacial score (nSPS) is 11.8. The maximum absolute atomic E-state index is 12.4. The fraction of sp³-hybridized carbons (Fsp3) is 0.500. The average Bonchev–Trinajstić information content (AvgIpc) is 2.95. The Hall–Kier alpha value is -1.64. The molecule has 5 nitrogen and oxygen atoms in total. The maximum Gasteiger partial charge on any atom is 0.419 e. The molecule has 0 unspecified atom stereocenters. The van der Waals surface area contributed by atoms with Gasteiger partial charge in [0.05, 0.1) is 18.3 Å². The van der Waals surface area contributed by atoms with E-state index in [1.165, 1.54) is 16.0 Å². The van der Waals surface area contributed by atoms with E-state index in [4.69, 9.17) is 0 Å². The van der Waals surface area contributed by atoms with Crippen molar-refractivity contribution in [3.05, 3.63) is 23.0 Å². The number of nitrogens with one attached hydrogen (secondary N) is 1. The second kappa shape index (κ2) is 5.55. The van der Waals surface area contributed by atoms with E-state index in [2.05, 4.69) is 20.6 Å². The first-order valence-corrected chi connectivity index (χ1v) is 6.46. The molecule has 0 saturated carbocycles.